The van der Waals surface area contributed by atoms with E-state index in [4.69, 9.17) is 5.73 Å². The first-order chi connectivity index (χ1) is 12.3. The molecule has 1 fully saturated rings. The van der Waals surface area contributed by atoms with Crippen molar-refractivity contribution in [3.8, 4) is 0 Å². The summed E-state index contributed by atoms with van der Waals surface area (Å²) >= 11 is 0. The second-order valence-electron chi connectivity index (χ2n) is 6.55. The highest BCUT2D eigenvalue weighted by molar-refractivity contribution is 6.23. The number of nitrogens with two attached hydrogens (primary N) is 1. The Morgan fingerprint density at radius 2 is 1.92 bits per heavy atom. The lowest BCUT2D eigenvalue weighted by Crippen LogP contribution is -2.54. The first-order valence-electron chi connectivity index (χ1n) is 8.32. The molecule has 138 valence electrons. The Morgan fingerprint density at radius 1 is 1.27 bits per heavy atom. The Bertz CT molecular complexity index is 810. The molecule has 0 aromatic heterocycles. The SMILES string of the molecule is C[C@@H](CN)CNc1cc2c(cc1F)C(=O)N(C1CCC(=O)NC1=O)C2=O. The highest BCUT2D eigenvalue weighted by Gasteiger charge is 2.45. The van der Waals surface area contributed by atoms with Gasteiger partial charge < -0.3 is 11.1 Å². The van der Waals surface area contributed by atoms with Crippen LogP contribution < -0.4 is 16.4 Å². The molecule has 4 amide bonds. The zero-order valence-corrected chi connectivity index (χ0v) is 14.2. The monoisotopic (exact) mass is 362 g/mol. The van der Waals surface area contributed by atoms with Crippen LogP contribution in [0.25, 0.3) is 0 Å². The Morgan fingerprint density at radius 3 is 2.54 bits per heavy atom. The van der Waals surface area contributed by atoms with Crippen molar-refractivity contribution in [3.05, 3.63) is 29.1 Å². The Labute approximate surface area is 148 Å². The van der Waals surface area contributed by atoms with Crippen molar-refractivity contribution in [3.63, 3.8) is 0 Å². The molecule has 0 spiro atoms. The molecular formula is C17H19FN4O4. The quantitative estimate of drug-likeness (QED) is 0.645. The van der Waals surface area contributed by atoms with E-state index in [-0.39, 0.29) is 35.6 Å². The van der Waals surface area contributed by atoms with E-state index in [0.717, 1.165) is 11.0 Å². The van der Waals surface area contributed by atoms with Gasteiger partial charge in [-0.2, -0.15) is 0 Å². The number of imide groups is 2. The number of amides is 4. The highest BCUT2D eigenvalue weighted by Crippen LogP contribution is 2.31. The summed E-state index contributed by atoms with van der Waals surface area (Å²) in [5.41, 5.74) is 5.56. The molecule has 9 heteroatoms. The van der Waals surface area contributed by atoms with Gasteiger partial charge in [-0.15, -0.1) is 0 Å². The van der Waals surface area contributed by atoms with Crippen molar-refractivity contribution < 1.29 is 23.6 Å². The Kier molecular flexibility index (Phi) is 4.73. The van der Waals surface area contributed by atoms with Crippen LogP contribution in [0.4, 0.5) is 10.1 Å². The minimum Gasteiger partial charge on any atom is -0.382 e. The Hall–Kier alpha value is -2.81. The third-order valence-electron chi connectivity index (χ3n) is 4.57. The van der Waals surface area contributed by atoms with Crippen molar-refractivity contribution in [2.75, 3.05) is 18.4 Å². The minimum atomic E-state index is -1.07. The van der Waals surface area contributed by atoms with Crippen molar-refractivity contribution in [1.82, 2.24) is 10.2 Å². The van der Waals surface area contributed by atoms with Crippen LogP contribution in [-0.2, 0) is 9.59 Å². The number of fused-ring (bicyclic) bond motifs is 1. The van der Waals surface area contributed by atoms with E-state index in [9.17, 15) is 23.6 Å². The van der Waals surface area contributed by atoms with Crippen LogP contribution in [0.3, 0.4) is 0 Å². The van der Waals surface area contributed by atoms with Crippen molar-refractivity contribution >= 4 is 29.3 Å². The van der Waals surface area contributed by atoms with E-state index in [1.807, 2.05) is 6.92 Å². The van der Waals surface area contributed by atoms with Crippen LogP contribution in [-0.4, -0.2) is 47.7 Å². The van der Waals surface area contributed by atoms with Gasteiger partial charge in [0.25, 0.3) is 11.8 Å². The Balaban J connectivity index is 1.88. The molecule has 0 saturated carbocycles. The normalized spacial score (nSPS) is 20.9. The van der Waals surface area contributed by atoms with Crippen molar-refractivity contribution in [1.29, 1.82) is 0 Å². The second kappa shape index (κ2) is 6.83. The lowest BCUT2D eigenvalue weighted by Gasteiger charge is -2.27. The van der Waals surface area contributed by atoms with E-state index >= 15 is 0 Å². The van der Waals surface area contributed by atoms with Gasteiger partial charge in [-0.1, -0.05) is 6.92 Å². The van der Waals surface area contributed by atoms with Crippen LogP contribution in [0.5, 0.6) is 0 Å². The van der Waals surface area contributed by atoms with Crippen LogP contribution in [0.1, 0.15) is 40.5 Å². The van der Waals surface area contributed by atoms with Gasteiger partial charge in [0.15, 0.2) is 0 Å². The largest absolute Gasteiger partial charge is 0.382 e. The predicted octanol–water partition coefficient (Wildman–Crippen LogP) is 0.234. The number of nitrogens with zero attached hydrogens (tertiary/aromatic N) is 1. The lowest BCUT2D eigenvalue weighted by atomic mass is 10.0. The summed E-state index contributed by atoms with van der Waals surface area (Å²) in [6.07, 6.45) is 0.0830. The van der Waals surface area contributed by atoms with Gasteiger partial charge in [-0.25, -0.2) is 4.39 Å². The van der Waals surface area contributed by atoms with E-state index in [2.05, 4.69) is 10.6 Å². The zero-order valence-electron chi connectivity index (χ0n) is 14.2. The summed E-state index contributed by atoms with van der Waals surface area (Å²) in [5.74, 6) is -3.13. The molecule has 0 bridgehead atoms. The maximum absolute atomic E-state index is 14.3. The van der Waals surface area contributed by atoms with Crippen LogP contribution in [0.2, 0.25) is 0 Å². The molecule has 2 aliphatic heterocycles. The third-order valence-corrected chi connectivity index (χ3v) is 4.57. The van der Waals surface area contributed by atoms with Crippen LogP contribution in [0, 0.1) is 11.7 Å². The molecule has 1 aromatic rings. The van der Waals surface area contributed by atoms with Gasteiger partial charge in [0.05, 0.1) is 16.8 Å². The van der Waals surface area contributed by atoms with E-state index in [1.165, 1.54) is 6.07 Å². The number of rotatable bonds is 5. The maximum atomic E-state index is 14.3. The van der Waals surface area contributed by atoms with Crippen LogP contribution >= 0.6 is 0 Å². The molecule has 0 aliphatic carbocycles. The fourth-order valence-electron chi connectivity index (χ4n) is 2.99. The molecule has 0 radical (unpaired) electrons. The van der Waals surface area contributed by atoms with Crippen LogP contribution in [0.15, 0.2) is 12.1 Å². The molecule has 1 aromatic carbocycles. The molecule has 4 N–H and O–H groups in total. The van der Waals surface area contributed by atoms with Gasteiger partial charge in [0, 0.05) is 13.0 Å². The molecule has 8 nitrogen and oxygen atoms in total. The molecule has 26 heavy (non-hydrogen) atoms. The average Bonchev–Trinajstić information content (AvgIpc) is 2.83. The number of carbonyl (C=O) groups excluding carboxylic acids is 4. The maximum Gasteiger partial charge on any atom is 0.262 e. The average molecular weight is 362 g/mol. The number of hydrogen-bond acceptors (Lipinski definition) is 6. The summed E-state index contributed by atoms with van der Waals surface area (Å²) in [6.45, 7) is 2.71. The van der Waals surface area contributed by atoms with E-state index in [0.29, 0.717) is 13.1 Å². The first kappa shape index (κ1) is 18.0. The molecular weight excluding hydrogens is 343 g/mol. The standard InChI is InChI=1S/C17H19FN4O4/c1-8(6-19)7-20-12-5-10-9(4-11(12)18)16(25)22(17(10)26)13-2-3-14(23)21-15(13)24/h4-5,8,13,20H,2-3,6-7,19H2,1H3,(H,21,23,24)/t8-,13?/m0/s1. The molecule has 3 rings (SSSR count). The molecule has 2 atom stereocenters. The smallest absolute Gasteiger partial charge is 0.262 e. The van der Waals surface area contributed by atoms with Gasteiger partial charge in [-0.3, -0.25) is 29.4 Å². The number of anilines is 1. The predicted molar refractivity (Wildman–Crippen MR) is 89.8 cm³/mol. The van der Waals surface area contributed by atoms with Gasteiger partial charge >= 0.3 is 0 Å². The summed E-state index contributed by atoms with van der Waals surface area (Å²) in [4.78, 5) is 49.3. The minimum absolute atomic E-state index is 0.0297. The number of nitrogens with one attached hydrogen (secondary N) is 2. The van der Waals surface area contributed by atoms with E-state index < -0.39 is 35.5 Å². The van der Waals surface area contributed by atoms with Gasteiger partial charge in [0.1, 0.15) is 11.9 Å². The number of halogens is 1. The number of piperidine rings is 1. The van der Waals surface area contributed by atoms with Crippen molar-refractivity contribution in [2.45, 2.75) is 25.8 Å². The zero-order chi connectivity index (χ0) is 19.0. The fourth-order valence-corrected chi connectivity index (χ4v) is 2.99. The first-order valence-corrected chi connectivity index (χ1v) is 8.32. The molecule has 1 unspecified atom stereocenters. The third kappa shape index (κ3) is 3.05. The summed E-state index contributed by atoms with van der Waals surface area (Å²) in [6, 6.07) is 1.20. The topological polar surface area (TPSA) is 122 Å². The highest BCUT2D eigenvalue weighted by atomic mass is 19.1. The van der Waals surface area contributed by atoms with Crippen molar-refractivity contribution in [2.24, 2.45) is 11.7 Å². The van der Waals surface area contributed by atoms with Gasteiger partial charge in [-0.05, 0) is 31.0 Å². The fraction of sp³-hybridized carbons (Fsp3) is 0.412. The number of hydrogen-bond donors (Lipinski definition) is 3. The van der Waals surface area contributed by atoms with Gasteiger partial charge in [0.2, 0.25) is 11.8 Å². The molecule has 2 aliphatic rings. The number of benzene rings is 1. The second-order valence-corrected chi connectivity index (χ2v) is 6.55. The molecule has 1 saturated heterocycles. The lowest BCUT2D eigenvalue weighted by molar-refractivity contribution is -0.136. The summed E-state index contributed by atoms with van der Waals surface area (Å²) < 4.78 is 14.3. The number of carbonyl (C=O) groups is 4. The van der Waals surface area contributed by atoms with E-state index in [1.54, 1.807) is 0 Å². The molecule has 2 heterocycles. The summed E-state index contributed by atoms with van der Waals surface area (Å²) in [5, 5.41) is 4.99. The summed E-state index contributed by atoms with van der Waals surface area (Å²) in [7, 11) is 0.